The van der Waals surface area contributed by atoms with E-state index in [0.717, 1.165) is 22.3 Å². The summed E-state index contributed by atoms with van der Waals surface area (Å²) in [6, 6.07) is 16.2. The van der Waals surface area contributed by atoms with Gasteiger partial charge in [0.05, 0.1) is 12.0 Å². The number of methoxy groups -OCH3 is 1. The molecule has 1 aliphatic rings. The zero-order valence-electron chi connectivity index (χ0n) is 18.4. The molecule has 3 aromatic rings. The van der Waals surface area contributed by atoms with Crippen molar-refractivity contribution >= 4 is 23.7 Å². The number of hydrogen-bond donors (Lipinski definition) is 3. The Kier molecular flexibility index (Phi) is 6.93. The molecule has 0 radical (unpaired) electrons. The van der Waals surface area contributed by atoms with Crippen LogP contribution in [0.15, 0.2) is 65.3 Å². The van der Waals surface area contributed by atoms with E-state index in [4.69, 9.17) is 13.9 Å². The van der Waals surface area contributed by atoms with Gasteiger partial charge in [-0.15, -0.1) is 0 Å². The fourth-order valence-electron chi connectivity index (χ4n) is 4.04. The van der Waals surface area contributed by atoms with Crippen LogP contribution in [0.5, 0.6) is 0 Å². The fourth-order valence-corrected chi connectivity index (χ4v) is 4.04. The molecule has 4 rings (SSSR count). The molecule has 3 N–H and O–H groups in total. The monoisotopic (exact) mass is 464 g/mol. The highest BCUT2D eigenvalue weighted by atomic mass is 16.5. The summed E-state index contributed by atoms with van der Waals surface area (Å²) in [6.07, 6.45) is 0.540. The zero-order valence-corrected chi connectivity index (χ0v) is 18.4. The summed E-state index contributed by atoms with van der Waals surface area (Å²) < 4.78 is 15.5. The molecule has 176 valence electrons. The Bertz CT molecular complexity index is 1160. The minimum absolute atomic E-state index is 0.0746. The molecule has 1 aliphatic carbocycles. The van der Waals surface area contributed by atoms with E-state index in [1.165, 1.54) is 19.4 Å². The van der Waals surface area contributed by atoms with Crippen molar-refractivity contribution in [1.29, 1.82) is 0 Å². The van der Waals surface area contributed by atoms with E-state index in [9.17, 15) is 19.5 Å². The van der Waals surface area contributed by atoms with Crippen LogP contribution >= 0.6 is 0 Å². The first-order valence-corrected chi connectivity index (χ1v) is 10.7. The Morgan fingerprint density at radius 3 is 2.29 bits per heavy atom. The lowest BCUT2D eigenvalue weighted by atomic mass is 9.98. The van der Waals surface area contributed by atoms with Gasteiger partial charge in [-0.25, -0.2) is 9.59 Å². The lowest BCUT2D eigenvalue weighted by Gasteiger charge is -2.15. The summed E-state index contributed by atoms with van der Waals surface area (Å²) in [6.45, 7) is 0.262. The average Bonchev–Trinajstić information content (AvgIpc) is 3.42. The SMILES string of the molecule is COCCC(NC(=O)c1occc1NC(=O)OCC1c2ccccc2-c2ccccc21)C(=O)O. The molecule has 1 atom stereocenters. The Balaban J connectivity index is 1.40. The van der Waals surface area contributed by atoms with Gasteiger partial charge in [0, 0.05) is 32.1 Å². The molecule has 1 unspecified atom stereocenters. The van der Waals surface area contributed by atoms with Gasteiger partial charge in [-0.05, 0) is 22.3 Å². The van der Waals surface area contributed by atoms with Crippen molar-refractivity contribution < 1.29 is 33.4 Å². The molecule has 0 saturated carbocycles. The van der Waals surface area contributed by atoms with Crippen LogP contribution in [0.1, 0.15) is 34.0 Å². The van der Waals surface area contributed by atoms with Gasteiger partial charge in [0.15, 0.2) is 0 Å². The number of nitrogens with one attached hydrogen (secondary N) is 2. The number of amides is 2. The number of anilines is 1. The number of carboxylic acids is 1. The van der Waals surface area contributed by atoms with E-state index in [-0.39, 0.29) is 37.0 Å². The molecule has 34 heavy (non-hydrogen) atoms. The smallest absolute Gasteiger partial charge is 0.411 e. The zero-order chi connectivity index (χ0) is 24.1. The molecule has 1 heterocycles. The Morgan fingerprint density at radius 1 is 1.03 bits per heavy atom. The highest BCUT2D eigenvalue weighted by Gasteiger charge is 2.29. The van der Waals surface area contributed by atoms with Crippen LogP contribution in [0.3, 0.4) is 0 Å². The Labute approximate surface area is 195 Å². The average molecular weight is 464 g/mol. The van der Waals surface area contributed by atoms with Crippen LogP contribution in [0.25, 0.3) is 11.1 Å². The van der Waals surface area contributed by atoms with Crippen molar-refractivity contribution in [3.63, 3.8) is 0 Å². The predicted octanol–water partition coefficient (Wildman–Crippen LogP) is 3.86. The molecule has 0 spiro atoms. The molecule has 9 nitrogen and oxygen atoms in total. The fraction of sp³-hybridized carbons (Fsp3) is 0.240. The lowest BCUT2D eigenvalue weighted by Crippen LogP contribution is -2.41. The normalized spacial score (nSPS) is 13.0. The quantitative estimate of drug-likeness (QED) is 0.439. The van der Waals surface area contributed by atoms with Gasteiger partial charge in [0.25, 0.3) is 5.91 Å². The van der Waals surface area contributed by atoms with Crippen molar-refractivity contribution in [2.75, 3.05) is 25.6 Å². The number of furan rings is 1. The number of fused-ring (bicyclic) bond motifs is 3. The number of rotatable bonds is 9. The molecule has 2 amide bonds. The molecular formula is C25H24N2O7. The van der Waals surface area contributed by atoms with Gasteiger partial charge >= 0.3 is 12.1 Å². The van der Waals surface area contributed by atoms with Gasteiger partial charge in [-0.3, -0.25) is 10.1 Å². The Morgan fingerprint density at radius 2 is 1.68 bits per heavy atom. The van der Waals surface area contributed by atoms with E-state index in [1.54, 1.807) is 0 Å². The van der Waals surface area contributed by atoms with Gasteiger partial charge in [-0.2, -0.15) is 0 Å². The van der Waals surface area contributed by atoms with Crippen LogP contribution in [0.4, 0.5) is 10.5 Å². The number of hydrogen-bond acceptors (Lipinski definition) is 6. The molecule has 2 aromatic carbocycles. The summed E-state index contributed by atoms with van der Waals surface area (Å²) in [4.78, 5) is 36.4. The maximum Gasteiger partial charge on any atom is 0.411 e. The van der Waals surface area contributed by atoms with Crippen LogP contribution in [-0.4, -0.2) is 49.4 Å². The summed E-state index contributed by atoms with van der Waals surface area (Å²) in [5, 5.41) is 14.1. The molecule has 0 bridgehead atoms. The van der Waals surface area contributed by atoms with Gasteiger partial charge in [0.1, 0.15) is 12.6 Å². The van der Waals surface area contributed by atoms with E-state index in [1.807, 2.05) is 48.5 Å². The van der Waals surface area contributed by atoms with E-state index in [0.29, 0.717) is 0 Å². The molecule has 0 saturated heterocycles. The number of benzene rings is 2. The van der Waals surface area contributed by atoms with Crippen LogP contribution in [-0.2, 0) is 14.3 Å². The maximum atomic E-state index is 12.5. The topological polar surface area (TPSA) is 127 Å². The van der Waals surface area contributed by atoms with E-state index >= 15 is 0 Å². The second kappa shape index (κ2) is 10.2. The van der Waals surface area contributed by atoms with E-state index < -0.39 is 24.0 Å². The van der Waals surface area contributed by atoms with Crippen molar-refractivity contribution in [1.82, 2.24) is 5.32 Å². The minimum atomic E-state index is -1.21. The first-order valence-electron chi connectivity index (χ1n) is 10.7. The third kappa shape index (κ3) is 4.79. The second-order valence-corrected chi connectivity index (χ2v) is 7.76. The van der Waals surface area contributed by atoms with Gasteiger partial charge < -0.3 is 24.3 Å². The number of carboxylic acid groups (broad SMARTS) is 1. The first-order chi connectivity index (χ1) is 16.5. The molecule has 0 aliphatic heterocycles. The molecule has 1 aromatic heterocycles. The third-order valence-electron chi connectivity index (χ3n) is 5.67. The third-order valence-corrected chi connectivity index (χ3v) is 5.67. The predicted molar refractivity (Wildman–Crippen MR) is 123 cm³/mol. The number of carbonyl (C=O) groups is 3. The van der Waals surface area contributed by atoms with Crippen LogP contribution in [0.2, 0.25) is 0 Å². The second-order valence-electron chi connectivity index (χ2n) is 7.76. The summed E-state index contributed by atoms with van der Waals surface area (Å²) in [5.41, 5.74) is 4.46. The van der Waals surface area contributed by atoms with E-state index in [2.05, 4.69) is 10.6 Å². The number of aliphatic carboxylic acids is 1. The largest absolute Gasteiger partial charge is 0.480 e. The van der Waals surface area contributed by atoms with Crippen molar-refractivity contribution in [3.05, 3.63) is 77.7 Å². The van der Waals surface area contributed by atoms with Crippen LogP contribution in [0, 0.1) is 0 Å². The number of ether oxygens (including phenoxy) is 2. The Hall–Kier alpha value is -4.11. The molecule has 0 fully saturated rings. The highest BCUT2D eigenvalue weighted by molar-refractivity contribution is 6.01. The summed E-state index contributed by atoms with van der Waals surface area (Å²) in [7, 11) is 1.43. The minimum Gasteiger partial charge on any atom is -0.480 e. The van der Waals surface area contributed by atoms with Crippen molar-refractivity contribution in [3.8, 4) is 11.1 Å². The standard InChI is InChI=1S/C25H24N2O7/c1-32-12-10-21(24(29)30)26-23(28)22-20(11-13-33-22)27-25(31)34-14-19-17-8-4-2-6-15(17)16-7-3-5-9-18(16)19/h2-9,11,13,19,21H,10,12,14H2,1H3,(H,26,28)(H,27,31)(H,29,30). The lowest BCUT2D eigenvalue weighted by molar-refractivity contribution is -0.139. The van der Waals surface area contributed by atoms with Crippen LogP contribution < -0.4 is 10.6 Å². The van der Waals surface area contributed by atoms with Gasteiger partial charge in [-0.1, -0.05) is 48.5 Å². The van der Waals surface area contributed by atoms with Gasteiger partial charge in [0.2, 0.25) is 5.76 Å². The molecular weight excluding hydrogens is 440 g/mol. The maximum absolute atomic E-state index is 12.5. The highest BCUT2D eigenvalue weighted by Crippen LogP contribution is 2.44. The summed E-state index contributed by atoms with van der Waals surface area (Å²) >= 11 is 0. The summed E-state index contributed by atoms with van der Waals surface area (Å²) in [5.74, 6) is -2.31. The van der Waals surface area contributed by atoms with Crippen molar-refractivity contribution in [2.45, 2.75) is 18.4 Å². The molecule has 9 heteroatoms. The van der Waals surface area contributed by atoms with Crippen molar-refractivity contribution in [2.24, 2.45) is 0 Å². The first kappa shape index (κ1) is 23.1. The number of carbonyl (C=O) groups excluding carboxylic acids is 2.